The number of hydrogen-bond acceptors (Lipinski definition) is 2. The maximum absolute atomic E-state index is 12.2. The Bertz CT molecular complexity index is 435. The largest absolute Gasteiger partial charge is 0.355 e. The van der Waals surface area contributed by atoms with Crippen LogP contribution in [0.1, 0.15) is 24.2 Å². The molecule has 1 aromatic rings. The Kier molecular flexibility index (Phi) is 5.65. The van der Waals surface area contributed by atoms with Gasteiger partial charge in [-0.05, 0) is 32.0 Å². The molecule has 1 N–H and O–H groups in total. The van der Waals surface area contributed by atoms with E-state index >= 15 is 0 Å². The lowest BCUT2D eigenvalue weighted by molar-refractivity contribution is -0.121. The molecule has 0 unspecified atom stereocenters. The predicted octanol–water partition coefficient (Wildman–Crippen LogP) is 1.94. The van der Waals surface area contributed by atoms with Crippen molar-refractivity contribution < 1.29 is 9.59 Å². The highest BCUT2D eigenvalue weighted by Crippen LogP contribution is 2.12. The number of rotatable bonds is 5. The average molecular weight is 269 g/mol. The van der Waals surface area contributed by atoms with Gasteiger partial charge in [0.15, 0.2) is 0 Å². The van der Waals surface area contributed by atoms with Crippen LogP contribution in [-0.2, 0) is 4.79 Å². The lowest BCUT2D eigenvalue weighted by atomic mass is 10.2. The molecule has 0 aliphatic carbocycles. The molecular formula is C13H17ClN2O2. The van der Waals surface area contributed by atoms with Gasteiger partial charge in [-0.1, -0.05) is 17.7 Å². The first-order chi connectivity index (χ1) is 8.58. The zero-order chi connectivity index (χ0) is 13.5. The third-order valence-corrected chi connectivity index (χ3v) is 2.68. The molecule has 2 amide bonds. The van der Waals surface area contributed by atoms with Crippen molar-refractivity contribution >= 4 is 23.4 Å². The number of carbonyl (C=O) groups excluding carboxylic acids is 2. The van der Waals surface area contributed by atoms with Gasteiger partial charge in [0.2, 0.25) is 5.91 Å². The minimum Gasteiger partial charge on any atom is -0.355 e. The summed E-state index contributed by atoms with van der Waals surface area (Å²) in [6.07, 6.45) is 0. The number of benzene rings is 1. The van der Waals surface area contributed by atoms with Crippen LogP contribution in [0.3, 0.4) is 0 Å². The zero-order valence-electron chi connectivity index (χ0n) is 10.6. The van der Waals surface area contributed by atoms with E-state index in [1.165, 1.54) is 4.90 Å². The number of nitrogens with zero attached hydrogens (tertiary/aromatic N) is 1. The molecule has 0 bridgehead atoms. The Hall–Kier alpha value is -1.55. The molecule has 0 heterocycles. The summed E-state index contributed by atoms with van der Waals surface area (Å²) in [4.78, 5) is 25.1. The molecule has 4 nitrogen and oxygen atoms in total. The van der Waals surface area contributed by atoms with Gasteiger partial charge in [-0.2, -0.15) is 0 Å². The zero-order valence-corrected chi connectivity index (χ0v) is 11.3. The molecule has 0 spiro atoms. The summed E-state index contributed by atoms with van der Waals surface area (Å²) in [5.74, 6) is -0.346. The summed E-state index contributed by atoms with van der Waals surface area (Å²) >= 11 is 5.84. The Morgan fingerprint density at radius 1 is 1.33 bits per heavy atom. The molecule has 0 aliphatic rings. The molecule has 0 atom stereocenters. The molecular weight excluding hydrogens is 252 g/mol. The van der Waals surface area contributed by atoms with Crippen molar-refractivity contribution in [3.63, 3.8) is 0 Å². The molecule has 0 saturated heterocycles. The quantitative estimate of drug-likeness (QED) is 0.887. The van der Waals surface area contributed by atoms with E-state index in [0.29, 0.717) is 23.7 Å². The van der Waals surface area contributed by atoms with Crippen LogP contribution < -0.4 is 5.32 Å². The summed E-state index contributed by atoms with van der Waals surface area (Å²) < 4.78 is 0. The fraction of sp³-hybridized carbons (Fsp3) is 0.385. The van der Waals surface area contributed by atoms with E-state index in [0.717, 1.165) is 0 Å². The first kappa shape index (κ1) is 14.5. The van der Waals surface area contributed by atoms with Gasteiger partial charge in [0, 0.05) is 23.7 Å². The molecule has 1 rings (SSSR count). The molecule has 0 saturated carbocycles. The van der Waals surface area contributed by atoms with E-state index in [-0.39, 0.29) is 18.4 Å². The Morgan fingerprint density at radius 3 is 2.61 bits per heavy atom. The average Bonchev–Trinajstić information content (AvgIpc) is 2.35. The predicted molar refractivity (Wildman–Crippen MR) is 71.7 cm³/mol. The molecule has 18 heavy (non-hydrogen) atoms. The third-order valence-electron chi connectivity index (χ3n) is 2.45. The monoisotopic (exact) mass is 268 g/mol. The Balaban J connectivity index is 2.76. The van der Waals surface area contributed by atoms with E-state index in [1.54, 1.807) is 24.3 Å². The van der Waals surface area contributed by atoms with Crippen LogP contribution in [0.2, 0.25) is 5.02 Å². The molecule has 0 fully saturated rings. The normalized spacial score (nSPS) is 9.94. The van der Waals surface area contributed by atoms with Crippen molar-refractivity contribution in [3.8, 4) is 0 Å². The van der Waals surface area contributed by atoms with E-state index in [2.05, 4.69) is 5.32 Å². The minimum absolute atomic E-state index is 0.0652. The maximum Gasteiger partial charge on any atom is 0.254 e. The van der Waals surface area contributed by atoms with Crippen LogP contribution in [0.15, 0.2) is 24.3 Å². The molecule has 98 valence electrons. The van der Waals surface area contributed by atoms with Gasteiger partial charge in [-0.25, -0.2) is 0 Å². The van der Waals surface area contributed by atoms with Gasteiger partial charge in [0.25, 0.3) is 5.91 Å². The van der Waals surface area contributed by atoms with Crippen LogP contribution in [-0.4, -0.2) is 36.3 Å². The van der Waals surface area contributed by atoms with Gasteiger partial charge in [-0.3, -0.25) is 9.59 Å². The second-order valence-electron chi connectivity index (χ2n) is 3.78. The Labute approximate surface area is 112 Å². The molecule has 0 radical (unpaired) electrons. The minimum atomic E-state index is -0.189. The van der Waals surface area contributed by atoms with Crippen molar-refractivity contribution in [2.45, 2.75) is 13.8 Å². The highest BCUT2D eigenvalue weighted by atomic mass is 35.5. The first-order valence-corrected chi connectivity index (χ1v) is 6.27. The van der Waals surface area contributed by atoms with Crippen molar-refractivity contribution in [1.82, 2.24) is 10.2 Å². The van der Waals surface area contributed by atoms with Crippen LogP contribution in [0.25, 0.3) is 0 Å². The van der Waals surface area contributed by atoms with E-state index in [4.69, 9.17) is 11.6 Å². The molecule has 0 aliphatic heterocycles. The fourth-order valence-corrected chi connectivity index (χ4v) is 1.75. The SMILES string of the molecule is CCNC(=O)CN(CC)C(=O)c1cccc(Cl)c1. The summed E-state index contributed by atoms with van der Waals surface area (Å²) in [6.45, 7) is 4.77. The molecule has 0 aromatic heterocycles. The number of amides is 2. The summed E-state index contributed by atoms with van der Waals surface area (Å²) in [7, 11) is 0. The van der Waals surface area contributed by atoms with Gasteiger partial charge >= 0.3 is 0 Å². The number of nitrogens with one attached hydrogen (secondary N) is 1. The number of likely N-dealkylation sites (N-methyl/N-ethyl adjacent to an activating group) is 2. The van der Waals surface area contributed by atoms with Gasteiger partial charge in [0.05, 0.1) is 6.54 Å². The summed E-state index contributed by atoms with van der Waals surface area (Å²) in [5, 5.41) is 3.18. The van der Waals surface area contributed by atoms with Crippen molar-refractivity contribution in [1.29, 1.82) is 0 Å². The number of halogens is 1. The van der Waals surface area contributed by atoms with Crippen LogP contribution in [0, 0.1) is 0 Å². The van der Waals surface area contributed by atoms with Crippen LogP contribution >= 0.6 is 11.6 Å². The smallest absolute Gasteiger partial charge is 0.254 e. The first-order valence-electron chi connectivity index (χ1n) is 5.90. The van der Waals surface area contributed by atoms with Gasteiger partial charge < -0.3 is 10.2 Å². The van der Waals surface area contributed by atoms with E-state index in [1.807, 2.05) is 13.8 Å². The van der Waals surface area contributed by atoms with Crippen LogP contribution in [0.4, 0.5) is 0 Å². The third kappa shape index (κ3) is 4.04. The number of hydrogen-bond donors (Lipinski definition) is 1. The fourth-order valence-electron chi connectivity index (χ4n) is 1.56. The van der Waals surface area contributed by atoms with Gasteiger partial charge in [0.1, 0.15) is 0 Å². The second kappa shape index (κ2) is 7.01. The highest BCUT2D eigenvalue weighted by molar-refractivity contribution is 6.30. The topological polar surface area (TPSA) is 49.4 Å². The van der Waals surface area contributed by atoms with Crippen LogP contribution in [0.5, 0.6) is 0 Å². The highest BCUT2D eigenvalue weighted by Gasteiger charge is 2.16. The standard InChI is InChI=1S/C13H17ClN2O2/c1-3-15-12(17)9-16(4-2)13(18)10-6-5-7-11(14)8-10/h5-8H,3-4,9H2,1-2H3,(H,15,17). The lowest BCUT2D eigenvalue weighted by Gasteiger charge is -2.20. The van der Waals surface area contributed by atoms with Crippen molar-refractivity contribution in [2.75, 3.05) is 19.6 Å². The second-order valence-corrected chi connectivity index (χ2v) is 4.22. The lowest BCUT2D eigenvalue weighted by Crippen LogP contribution is -2.40. The van der Waals surface area contributed by atoms with Gasteiger partial charge in [-0.15, -0.1) is 0 Å². The maximum atomic E-state index is 12.2. The van der Waals surface area contributed by atoms with Crippen molar-refractivity contribution in [2.24, 2.45) is 0 Å². The molecule has 5 heteroatoms. The van der Waals surface area contributed by atoms with E-state index < -0.39 is 0 Å². The van der Waals surface area contributed by atoms with E-state index in [9.17, 15) is 9.59 Å². The molecule has 1 aromatic carbocycles. The Morgan fingerprint density at radius 2 is 2.06 bits per heavy atom. The summed E-state index contributed by atoms with van der Waals surface area (Å²) in [5.41, 5.74) is 0.494. The summed E-state index contributed by atoms with van der Waals surface area (Å²) in [6, 6.07) is 6.72. The number of carbonyl (C=O) groups is 2. The van der Waals surface area contributed by atoms with Crippen molar-refractivity contribution in [3.05, 3.63) is 34.9 Å².